The van der Waals surface area contributed by atoms with E-state index < -0.39 is 10.8 Å². The molecule has 1 fully saturated rings. The summed E-state index contributed by atoms with van der Waals surface area (Å²) in [4.78, 5) is 24.2. The van der Waals surface area contributed by atoms with Gasteiger partial charge in [0, 0.05) is 29.1 Å². The molecule has 2 aromatic rings. The number of amides is 1. The van der Waals surface area contributed by atoms with Crippen LogP contribution >= 0.6 is 23.4 Å². The van der Waals surface area contributed by atoms with Gasteiger partial charge < -0.3 is 9.32 Å². The lowest BCUT2D eigenvalue weighted by molar-refractivity contribution is -0.402. The van der Waals surface area contributed by atoms with Gasteiger partial charge >= 0.3 is 5.88 Å². The Bertz CT molecular complexity index is 764. The number of carbonyl (C=O) groups is 1. The topological polar surface area (TPSA) is 76.6 Å². The summed E-state index contributed by atoms with van der Waals surface area (Å²) in [7, 11) is 0. The van der Waals surface area contributed by atoms with Crippen LogP contribution in [0.2, 0.25) is 5.02 Å². The molecule has 1 amide bonds. The van der Waals surface area contributed by atoms with Crippen molar-refractivity contribution >= 4 is 35.2 Å². The lowest BCUT2D eigenvalue weighted by Gasteiger charge is -2.19. The molecule has 0 spiro atoms. The van der Waals surface area contributed by atoms with Gasteiger partial charge in [0.05, 0.1) is 6.07 Å². The quantitative estimate of drug-likeness (QED) is 0.602. The van der Waals surface area contributed by atoms with E-state index in [1.807, 2.05) is 24.3 Å². The summed E-state index contributed by atoms with van der Waals surface area (Å²) in [6, 6.07) is 10.3. The van der Waals surface area contributed by atoms with E-state index in [1.54, 1.807) is 16.7 Å². The molecule has 3 rings (SSSR count). The second kappa shape index (κ2) is 7.27. The average molecular weight is 367 g/mol. The first kappa shape index (κ1) is 16.9. The van der Waals surface area contributed by atoms with Crippen LogP contribution in [0.25, 0.3) is 0 Å². The van der Waals surface area contributed by atoms with Gasteiger partial charge in [-0.15, -0.1) is 0 Å². The summed E-state index contributed by atoms with van der Waals surface area (Å²) < 4.78 is 5.01. The molecule has 1 saturated heterocycles. The van der Waals surface area contributed by atoms with Crippen molar-refractivity contribution in [1.82, 2.24) is 4.90 Å². The number of nitro groups is 1. The zero-order valence-electron chi connectivity index (χ0n) is 12.7. The minimum atomic E-state index is -0.650. The molecule has 126 valence electrons. The summed E-state index contributed by atoms with van der Waals surface area (Å²) in [6.07, 6.45) is 0.767. The number of furan rings is 1. The number of halogens is 1. The van der Waals surface area contributed by atoms with Crippen LogP contribution in [-0.2, 0) is 0 Å². The molecular formula is C16H15ClN2O4S. The Balaban J connectivity index is 1.70. The van der Waals surface area contributed by atoms with Gasteiger partial charge in [0.1, 0.15) is 4.92 Å². The van der Waals surface area contributed by atoms with Gasteiger partial charge in [0.2, 0.25) is 0 Å². The SMILES string of the molecule is O=C(c1ccc([N+](=O)[O-])o1)N1CCSC(c2ccccc2Cl)CC1. The van der Waals surface area contributed by atoms with E-state index in [4.69, 9.17) is 16.0 Å². The minimum absolute atomic E-state index is 0.00268. The first-order valence-electron chi connectivity index (χ1n) is 7.46. The highest BCUT2D eigenvalue weighted by atomic mass is 35.5. The van der Waals surface area contributed by atoms with Gasteiger partial charge in [0.25, 0.3) is 5.91 Å². The molecule has 6 nitrogen and oxygen atoms in total. The van der Waals surface area contributed by atoms with E-state index in [-0.39, 0.29) is 16.9 Å². The third kappa shape index (κ3) is 3.57. The predicted octanol–water partition coefficient (Wildman–Crippen LogP) is 4.16. The zero-order valence-corrected chi connectivity index (χ0v) is 14.3. The summed E-state index contributed by atoms with van der Waals surface area (Å²) >= 11 is 8.03. The van der Waals surface area contributed by atoms with Crippen molar-refractivity contribution in [1.29, 1.82) is 0 Å². The van der Waals surface area contributed by atoms with E-state index in [0.717, 1.165) is 22.8 Å². The normalized spacial score (nSPS) is 18.2. The lowest BCUT2D eigenvalue weighted by Crippen LogP contribution is -2.32. The maximum absolute atomic E-state index is 12.5. The van der Waals surface area contributed by atoms with Crippen LogP contribution in [0.5, 0.6) is 0 Å². The number of thioether (sulfide) groups is 1. The van der Waals surface area contributed by atoms with Gasteiger partial charge in [-0.05, 0) is 24.1 Å². The molecule has 1 aliphatic heterocycles. The summed E-state index contributed by atoms with van der Waals surface area (Å²) in [5.74, 6) is 0.0349. The Labute approximate surface area is 147 Å². The molecule has 1 unspecified atom stereocenters. The highest BCUT2D eigenvalue weighted by Crippen LogP contribution is 2.38. The maximum atomic E-state index is 12.5. The first-order chi connectivity index (χ1) is 11.6. The van der Waals surface area contributed by atoms with Gasteiger partial charge in [-0.25, -0.2) is 0 Å². The molecule has 1 aromatic heterocycles. The third-order valence-electron chi connectivity index (χ3n) is 3.86. The highest BCUT2D eigenvalue weighted by Gasteiger charge is 2.26. The molecule has 0 aliphatic carbocycles. The maximum Gasteiger partial charge on any atom is 0.433 e. The van der Waals surface area contributed by atoms with Crippen molar-refractivity contribution in [2.45, 2.75) is 11.7 Å². The van der Waals surface area contributed by atoms with Crippen LogP contribution in [0.15, 0.2) is 40.8 Å². The van der Waals surface area contributed by atoms with E-state index in [0.29, 0.717) is 13.1 Å². The molecule has 0 bridgehead atoms. The van der Waals surface area contributed by atoms with Crippen LogP contribution in [0.1, 0.15) is 27.8 Å². The van der Waals surface area contributed by atoms with Crippen LogP contribution in [0.4, 0.5) is 5.88 Å². The Kier molecular flexibility index (Phi) is 5.11. The second-order valence-corrected chi connectivity index (χ2v) is 7.07. The van der Waals surface area contributed by atoms with Crippen molar-refractivity contribution in [3.63, 3.8) is 0 Å². The highest BCUT2D eigenvalue weighted by molar-refractivity contribution is 7.99. The van der Waals surface area contributed by atoms with E-state index in [9.17, 15) is 14.9 Å². The molecule has 0 N–H and O–H groups in total. The second-order valence-electron chi connectivity index (χ2n) is 5.36. The molecule has 1 aliphatic rings. The molecule has 1 aromatic carbocycles. The molecule has 2 heterocycles. The molecule has 0 saturated carbocycles. The van der Waals surface area contributed by atoms with Gasteiger partial charge in [-0.3, -0.25) is 14.9 Å². The number of hydrogen-bond donors (Lipinski definition) is 0. The van der Waals surface area contributed by atoms with Crippen molar-refractivity contribution in [3.05, 3.63) is 62.9 Å². The van der Waals surface area contributed by atoms with Gasteiger partial charge in [-0.2, -0.15) is 11.8 Å². The summed E-state index contributed by atoms with van der Waals surface area (Å²) in [5.41, 5.74) is 1.08. The fraction of sp³-hybridized carbons (Fsp3) is 0.312. The van der Waals surface area contributed by atoms with E-state index in [1.165, 1.54) is 12.1 Å². The van der Waals surface area contributed by atoms with Crippen molar-refractivity contribution in [2.75, 3.05) is 18.8 Å². The Morgan fingerprint density at radius 1 is 1.29 bits per heavy atom. The fourth-order valence-corrected chi connectivity index (χ4v) is 4.25. The van der Waals surface area contributed by atoms with E-state index >= 15 is 0 Å². The average Bonchev–Trinajstić information content (AvgIpc) is 2.94. The Morgan fingerprint density at radius 3 is 2.79 bits per heavy atom. The molecule has 8 heteroatoms. The minimum Gasteiger partial charge on any atom is -0.395 e. The number of rotatable bonds is 3. The summed E-state index contributed by atoms with van der Waals surface area (Å²) in [5, 5.41) is 11.6. The fourth-order valence-electron chi connectivity index (χ4n) is 2.65. The monoisotopic (exact) mass is 366 g/mol. The smallest absolute Gasteiger partial charge is 0.395 e. The van der Waals surface area contributed by atoms with Crippen molar-refractivity contribution in [3.8, 4) is 0 Å². The third-order valence-corrected chi connectivity index (χ3v) is 5.52. The standard InChI is InChI=1S/C16H15ClN2O4S/c17-12-4-2-1-3-11(12)14-7-8-18(9-10-24-14)16(20)13-5-6-15(23-13)19(21)22/h1-6,14H,7-10H2. The van der Waals surface area contributed by atoms with Crippen LogP contribution in [-0.4, -0.2) is 34.6 Å². The Hall–Kier alpha value is -1.99. The Morgan fingerprint density at radius 2 is 2.08 bits per heavy atom. The van der Waals surface area contributed by atoms with Gasteiger partial charge in [0.15, 0.2) is 5.76 Å². The van der Waals surface area contributed by atoms with E-state index in [2.05, 4.69) is 0 Å². The number of hydrogen-bond acceptors (Lipinski definition) is 5. The molecule has 24 heavy (non-hydrogen) atoms. The zero-order chi connectivity index (χ0) is 17.1. The predicted molar refractivity (Wildman–Crippen MR) is 92.5 cm³/mol. The van der Waals surface area contributed by atoms with Crippen molar-refractivity contribution in [2.24, 2.45) is 0 Å². The van der Waals surface area contributed by atoms with Crippen LogP contribution in [0.3, 0.4) is 0 Å². The largest absolute Gasteiger partial charge is 0.433 e. The van der Waals surface area contributed by atoms with Crippen LogP contribution < -0.4 is 0 Å². The summed E-state index contributed by atoms with van der Waals surface area (Å²) in [6.45, 7) is 1.12. The van der Waals surface area contributed by atoms with Gasteiger partial charge in [-0.1, -0.05) is 29.8 Å². The first-order valence-corrected chi connectivity index (χ1v) is 8.88. The number of carbonyl (C=O) groups excluding carboxylic acids is 1. The number of nitrogens with zero attached hydrogens (tertiary/aromatic N) is 2. The molecule has 1 atom stereocenters. The number of benzene rings is 1. The van der Waals surface area contributed by atoms with Crippen LogP contribution in [0, 0.1) is 10.1 Å². The van der Waals surface area contributed by atoms with Crippen molar-refractivity contribution < 1.29 is 14.1 Å². The lowest BCUT2D eigenvalue weighted by atomic mass is 10.1. The molecular weight excluding hydrogens is 352 g/mol. The molecule has 0 radical (unpaired) electrons.